The highest BCUT2D eigenvalue weighted by atomic mass is 35.5. The Morgan fingerprint density at radius 2 is 1.96 bits per heavy atom. The van der Waals surface area contributed by atoms with Gasteiger partial charge in [-0.25, -0.2) is 0 Å². The van der Waals surface area contributed by atoms with Gasteiger partial charge in [0, 0.05) is 23.4 Å². The smallest absolute Gasteiger partial charge is 0.255 e. The van der Waals surface area contributed by atoms with E-state index in [1.54, 1.807) is 30.3 Å². The number of anilines is 1. The molecule has 0 aliphatic carbocycles. The lowest BCUT2D eigenvalue weighted by molar-refractivity contribution is 0.0954. The Morgan fingerprint density at radius 3 is 2.75 bits per heavy atom. The molecule has 0 saturated heterocycles. The summed E-state index contributed by atoms with van der Waals surface area (Å²) >= 11 is 6.09. The van der Waals surface area contributed by atoms with Crippen molar-refractivity contribution in [1.29, 1.82) is 0 Å². The minimum atomic E-state index is -0.358. The number of ether oxygens (including phenoxy) is 2. The second-order valence-electron chi connectivity index (χ2n) is 5.09. The minimum Gasteiger partial charge on any atom is -0.454 e. The third-order valence-corrected chi connectivity index (χ3v) is 3.69. The third kappa shape index (κ3) is 3.28. The number of rotatable bonds is 4. The average Bonchev–Trinajstić information content (AvgIpc) is 3.04. The summed E-state index contributed by atoms with van der Waals surface area (Å²) in [5.41, 5.74) is 1.32. The first-order chi connectivity index (χ1) is 11.6. The predicted molar refractivity (Wildman–Crippen MR) is 90.0 cm³/mol. The highest BCUT2D eigenvalue weighted by molar-refractivity contribution is 6.32. The molecule has 2 N–H and O–H groups in total. The van der Waals surface area contributed by atoms with Crippen molar-refractivity contribution in [3.05, 3.63) is 52.5 Å². The molecule has 0 aromatic heterocycles. The van der Waals surface area contributed by atoms with Crippen LogP contribution < -0.4 is 20.1 Å². The monoisotopic (exact) mass is 346 g/mol. The molecule has 0 spiro atoms. The molecule has 0 fully saturated rings. The molecule has 0 unspecified atom stereocenters. The van der Waals surface area contributed by atoms with Crippen LogP contribution in [-0.2, 0) is 0 Å². The molecular formula is C17H15ClN2O4. The predicted octanol–water partition coefficient (Wildman–Crippen LogP) is 3.07. The van der Waals surface area contributed by atoms with E-state index in [9.17, 15) is 9.59 Å². The Labute approximate surface area is 143 Å². The van der Waals surface area contributed by atoms with Crippen LogP contribution in [0.25, 0.3) is 0 Å². The van der Waals surface area contributed by atoms with Gasteiger partial charge in [-0.05, 0) is 37.3 Å². The maximum atomic E-state index is 12.4. The molecule has 0 radical (unpaired) electrons. The van der Waals surface area contributed by atoms with Crippen LogP contribution in [0.15, 0.2) is 36.4 Å². The SMILES string of the molecule is CCNC(=O)c1cccc(NC(=O)c2cc(Cl)c3c(c2)OCO3)c1. The number of halogens is 1. The topological polar surface area (TPSA) is 76.7 Å². The van der Waals surface area contributed by atoms with E-state index in [2.05, 4.69) is 10.6 Å². The zero-order valence-electron chi connectivity index (χ0n) is 12.9. The van der Waals surface area contributed by atoms with E-state index in [4.69, 9.17) is 21.1 Å². The highest BCUT2D eigenvalue weighted by Crippen LogP contribution is 2.39. The molecule has 2 amide bonds. The first-order valence-corrected chi connectivity index (χ1v) is 7.75. The molecule has 6 nitrogen and oxygen atoms in total. The van der Waals surface area contributed by atoms with Gasteiger partial charge in [0.15, 0.2) is 11.5 Å². The van der Waals surface area contributed by atoms with Crippen molar-refractivity contribution in [2.45, 2.75) is 6.92 Å². The van der Waals surface area contributed by atoms with E-state index in [0.717, 1.165) is 0 Å². The molecule has 1 aliphatic heterocycles. The van der Waals surface area contributed by atoms with Crippen LogP contribution in [-0.4, -0.2) is 25.2 Å². The van der Waals surface area contributed by atoms with Gasteiger partial charge in [-0.1, -0.05) is 17.7 Å². The number of carbonyl (C=O) groups excluding carboxylic acids is 2. The molecule has 2 aromatic rings. The quantitative estimate of drug-likeness (QED) is 0.892. The Hall–Kier alpha value is -2.73. The second-order valence-corrected chi connectivity index (χ2v) is 5.49. The Morgan fingerprint density at radius 1 is 1.12 bits per heavy atom. The number of hydrogen-bond acceptors (Lipinski definition) is 4. The molecule has 1 heterocycles. The van der Waals surface area contributed by atoms with Crippen LogP contribution in [0.5, 0.6) is 11.5 Å². The van der Waals surface area contributed by atoms with E-state index in [0.29, 0.717) is 39.9 Å². The molecule has 0 saturated carbocycles. The molecule has 124 valence electrons. The summed E-state index contributed by atoms with van der Waals surface area (Å²) in [6, 6.07) is 9.77. The lowest BCUT2D eigenvalue weighted by Crippen LogP contribution is -2.22. The summed E-state index contributed by atoms with van der Waals surface area (Å²) in [5, 5.41) is 5.76. The number of nitrogens with one attached hydrogen (secondary N) is 2. The molecule has 1 aliphatic rings. The van der Waals surface area contributed by atoms with Gasteiger partial charge in [-0.3, -0.25) is 9.59 Å². The number of hydrogen-bond donors (Lipinski definition) is 2. The number of carbonyl (C=O) groups is 2. The van der Waals surface area contributed by atoms with Crippen LogP contribution in [0.3, 0.4) is 0 Å². The van der Waals surface area contributed by atoms with Gasteiger partial charge in [0.25, 0.3) is 11.8 Å². The molecule has 0 atom stereocenters. The van der Waals surface area contributed by atoms with Gasteiger partial charge < -0.3 is 20.1 Å². The molecule has 3 rings (SSSR count). The fourth-order valence-electron chi connectivity index (χ4n) is 2.30. The van der Waals surface area contributed by atoms with Gasteiger partial charge in [-0.15, -0.1) is 0 Å². The van der Waals surface area contributed by atoms with Crippen LogP contribution in [0.2, 0.25) is 5.02 Å². The maximum Gasteiger partial charge on any atom is 0.255 e. The van der Waals surface area contributed by atoms with E-state index in [-0.39, 0.29) is 18.6 Å². The first kappa shape index (κ1) is 16.1. The molecule has 7 heteroatoms. The minimum absolute atomic E-state index is 0.0781. The Balaban J connectivity index is 1.79. The van der Waals surface area contributed by atoms with Gasteiger partial charge in [-0.2, -0.15) is 0 Å². The lowest BCUT2D eigenvalue weighted by Gasteiger charge is -2.09. The summed E-state index contributed by atoms with van der Waals surface area (Å²) in [7, 11) is 0. The van der Waals surface area contributed by atoms with Crippen LogP contribution >= 0.6 is 11.6 Å². The fraction of sp³-hybridized carbons (Fsp3) is 0.176. The largest absolute Gasteiger partial charge is 0.454 e. The van der Waals surface area contributed by atoms with Crippen LogP contribution in [0, 0.1) is 0 Å². The Bertz CT molecular complexity index is 807. The van der Waals surface area contributed by atoms with Crippen molar-refractivity contribution >= 4 is 29.1 Å². The van der Waals surface area contributed by atoms with E-state index >= 15 is 0 Å². The van der Waals surface area contributed by atoms with Crippen molar-refractivity contribution < 1.29 is 19.1 Å². The van der Waals surface area contributed by atoms with Crippen LogP contribution in [0.1, 0.15) is 27.6 Å². The zero-order chi connectivity index (χ0) is 17.1. The van der Waals surface area contributed by atoms with Gasteiger partial charge in [0.2, 0.25) is 6.79 Å². The summed E-state index contributed by atoms with van der Waals surface area (Å²) in [4.78, 5) is 24.3. The van der Waals surface area contributed by atoms with Crippen molar-refractivity contribution in [2.75, 3.05) is 18.7 Å². The van der Waals surface area contributed by atoms with Gasteiger partial charge in [0.1, 0.15) is 0 Å². The van der Waals surface area contributed by atoms with Crippen molar-refractivity contribution in [3.8, 4) is 11.5 Å². The molecular weight excluding hydrogens is 332 g/mol. The maximum absolute atomic E-state index is 12.4. The van der Waals surface area contributed by atoms with Gasteiger partial charge >= 0.3 is 0 Å². The molecule has 0 bridgehead atoms. The highest BCUT2D eigenvalue weighted by Gasteiger charge is 2.20. The lowest BCUT2D eigenvalue weighted by atomic mass is 10.1. The van der Waals surface area contributed by atoms with Gasteiger partial charge in [0.05, 0.1) is 5.02 Å². The zero-order valence-corrected chi connectivity index (χ0v) is 13.6. The fourth-order valence-corrected chi connectivity index (χ4v) is 2.57. The summed E-state index contributed by atoms with van der Waals surface area (Å²) in [6.07, 6.45) is 0. The normalized spacial score (nSPS) is 11.9. The van der Waals surface area contributed by atoms with Crippen molar-refractivity contribution in [2.24, 2.45) is 0 Å². The van der Waals surface area contributed by atoms with Crippen molar-refractivity contribution in [3.63, 3.8) is 0 Å². The summed E-state index contributed by atoms with van der Waals surface area (Å²) in [5.74, 6) is 0.318. The van der Waals surface area contributed by atoms with E-state index in [1.807, 2.05) is 6.92 Å². The standard InChI is InChI=1S/C17H15ClN2O4/c1-2-19-16(21)10-4-3-5-12(6-10)20-17(22)11-7-13(18)15-14(8-11)23-9-24-15/h3-8H,2,9H2,1H3,(H,19,21)(H,20,22). The summed E-state index contributed by atoms with van der Waals surface area (Å²) < 4.78 is 10.5. The number of fused-ring (bicyclic) bond motifs is 1. The number of amides is 2. The second kappa shape index (κ2) is 6.80. The average molecular weight is 347 g/mol. The first-order valence-electron chi connectivity index (χ1n) is 7.37. The van der Waals surface area contributed by atoms with Crippen molar-refractivity contribution in [1.82, 2.24) is 5.32 Å². The van der Waals surface area contributed by atoms with E-state index < -0.39 is 0 Å². The van der Waals surface area contributed by atoms with E-state index in [1.165, 1.54) is 6.07 Å². The molecule has 2 aromatic carbocycles. The summed E-state index contributed by atoms with van der Waals surface area (Å²) in [6.45, 7) is 2.45. The third-order valence-electron chi connectivity index (χ3n) is 3.41. The van der Waals surface area contributed by atoms with Crippen LogP contribution in [0.4, 0.5) is 5.69 Å². The Kier molecular flexibility index (Phi) is 4.57. The number of benzene rings is 2. The molecule has 24 heavy (non-hydrogen) atoms.